The molecule has 1 rings (SSSR count). The number of carbonyl (C=O) groups excluding carboxylic acids is 2. The maximum atomic E-state index is 12.8. The zero-order valence-corrected chi connectivity index (χ0v) is 10.7. The van der Waals surface area contributed by atoms with Gasteiger partial charge in [-0.05, 0) is 26.0 Å². The third-order valence-corrected chi connectivity index (χ3v) is 2.22. The average Bonchev–Trinajstić information content (AvgIpc) is 2.32. The van der Waals surface area contributed by atoms with Crippen molar-refractivity contribution in [3.8, 4) is 5.75 Å². The van der Waals surface area contributed by atoms with Crippen molar-refractivity contribution in [2.45, 2.75) is 20.0 Å². The number of imide groups is 1. The van der Waals surface area contributed by atoms with Crippen molar-refractivity contribution in [2.75, 3.05) is 12.3 Å². The lowest BCUT2D eigenvalue weighted by molar-refractivity contribution is -0.126. The zero-order valence-electron chi connectivity index (χ0n) is 10.7. The van der Waals surface area contributed by atoms with E-state index in [1.807, 2.05) is 0 Å². The van der Waals surface area contributed by atoms with Crippen LogP contribution in [0.15, 0.2) is 18.2 Å². The summed E-state index contributed by atoms with van der Waals surface area (Å²) < 4.78 is 18.1. The average molecular weight is 269 g/mol. The number of anilines is 1. The standard InChI is InChI=1S/C12H16FN3O3/c1-3-15-12(18)16-11(17)7(2)19-10-5-4-8(13)6-9(10)14/h4-7H,3,14H2,1-2H3,(H2,15,16,17,18). The van der Waals surface area contributed by atoms with Gasteiger partial charge in [-0.25, -0.2) is 9.18 Å². The van der Waals surface area contributed by atoms with Crippen LogP contribution in [-0.4, -0.2) is 24.6 Å². The van der Waals surface area contributed by atoms with Gasteiger partial charge in [-0.1, -0.05) is 0 Å². The normalized spacial score (nSPS) is 11.5. The number of nitrogens with two attached hydrogens (primary N) is 1. The van der Waals surface area contributed by atoms with Gasteiger partial charge in [-0.15, -0.1) is 0 Å². The molecule has 0 aromatic heterocycles. The second kappa shape index (κ2) is 6.58. The van der Waals surface area contributed by atoms with Gasteiger partial charge in [0.05, 0.1) is 5.69 Å². The number of benzene rings is 1. The van der Waals surface area contributed by atoms with Crippen molar-refractivity contribution in [2.24, 2.45) is 0 Å². The maximum absolute atomic E-state index is 12.8. The van der Waals surface area contributed by atoms with Crippen LogP contribution in [0.2, 0.25) is 0 Å². The van der Waals surface area contributed by atoms with Crippen LogP contribution in [0.5, 0.6) is 5.75 Å². The smallest absolute Gasteiger partial charge is 0.321 e. The van der Waals surface area contributed by atoms with E-state index in [0.717, 1.165) is 6.07 Å². The van der Waals surface area contributed by atoms with Gasteiger partial charge in [0.1, 0.15) is 11.6 Å². The van der Waals surface area contributed by atoms with E-state index in [4.69, 9.17) is 10.5 Å². The minimum Gasteiger partial charge on any atom is -0.479 e. The van der Waals surface area contributed by atoms with E-state index in [1.165, 1.54) is 19.1 Å². The summed E-state index contributed by atoms with van der Waals surface area (Å²) in [5.41, 5.74) is 5.62. The minimum atomic E-state index is -0.935. The van der Waals surface area contributed by atoms with Crippen molar-refractivity contribution in [3.63, 3.8) is 0 Å². The first kappa shape index (κ1) is 14.7. The molecule has 6 nitrogen and oxygen atoms in total. The molecule has 3 amide bonds. The van der Waals surface area contributed by atoms with Gasteiger partial charge in [-0.3, -0.25) is 10.1 Å². The van der Waals surface area contributed by atoms with Crippen LogP contribution in [-0.2, 0) is 4.79 Å². The third kappa shape index (κ3) is 4.46. The zero-order chi connectivity index (χ0) is 14.4. The van der Waals surface area contributed by atoms with E-state index in [2.05, 4.69) is 10.6 Å². The molecular formula is C12H16FN3O3. The Balaban J connectivity index is 2.61. The van der Waals surface area contributed by atoms with Crippen LogP contribution in [0.1, 0.15) is 13.8 Å². The number of urea groups is 1. The highest BCUT2D eigenvalue weighted by Crippen LogP contribution is 2.22. The van der Waals surface area contributed by atoms with E-state index < -0.39 is 23.9 Å². The molecule has 0 bridgehead atoms. The van der Waals surface area contributed by atoms with Crippen LogP contribution in [0.25, 0.3) is 0 Å². The largest absolute Gasteiger partial charge is 0.479 e. The first-order chi connectivity index (χ1) is 8.93. The van der Waals surface area contributed by atoms with Gasteiger partial charge < -0.3 is 15.8 Å². The molecule has 0 fully saturated rings. The number of ether oxygens (including phenoxy) is 1. The summed E-state index contributed by atoms with van der Waals surface area (Å²) in [5, 5.41) is 4.52. The second-order valence-electron chi connectivity index (χ2n) is 3.79. The quantitative estimate of drug-likeness (QED) is 0.711. The molecular weight excluding hydrogens is 253 g/mol. The molecule has 19 heavy (non-hydrogen) atoms. The number of nitrogen functional groups attached to an aromatic ring is 1. The monoisotopic (exact) mass is 269 g/mol. The number of amides is 3. The number of halogens is 1. The first-order valence-corrected chi connectivity index (χ1v) is 5.74. The Morgan fingerprint density at radius 1 is 1.47 bits per heavy atom. The number of rotatable bonds is 4. The first-order valence-electron chi connectivity index (χ1n) is 5.74. The van der Waals surface area contributed by atoms with E-state index >= 15 is 0 Å². The summed E-state index contributed by atoms with van der Waals surface area (Å²) in [4.78, 5) is 22.7. The van der Waals surface area contributed by atoms with Gasteiger partial charge in [0, 0.05) is 12.6 Å². The van der Waals surface area contributed by atoms with Crippen LogP contribution >= 0.6 is 0 Å². The predicted molar refractivity (Wildman–Crippen MR) is 68.1 cm³/mol. The number of hydrogen-bond acceptors (Lipinski definition) is 4. The fraction of sp³-hybridized carbons (Fsp3) is 0.333. The number of hydrogen-bond donors (Lipinski definition) is 3. The van der Waals surface area contributed by atoms with Crippen LogP contribution < -0.4 is 21.1 Å². The fourth-order valence-electron chi connectivity index (χ4n) is 1.29. The Kier molecular flexibility index (Phi) is 5.11. The summed E-state index contributed by atoms with van der Waals surface area (Å²) in [6.45, 7) is 3.58. The van der Waals surface area contributed by atoms with Crippen LogP contribution in [0.4, 0.5) is 14.9 Å². The highest BCUT2D eigenvalue weighted by atomic mass is 19.1. The van der Waals surface area contributed by atoms with Gasteiger partial charge in [0.25, 0.3) is 5.91 Å². The van der Waals surface area contributed by atoms with E-state index in [1.54, 1.807) is 6.92 Å². The molecule has 0 saturated carbocycles. The molecule has 1 atom stereocenters. The molecule has 1 unspecified atom stereocenters. The van der Waals surface area contributed by atoms with E-state index in [-0.39, 0.29) is 11.4 Å². The predicted octanol–water partition coefficient (Wildman–Crippen LogP) is 1.02. The molecule has 7 heteroatoms. The van der Waals surface area contributed by atoms with Crippen LogP contribution in [0, 0.1) is 5.82 Å². The molecule has 0 saturated heterocycles. The Bertz CT molecular complexity index is 479. The third-order valence-electron chi connectivity index (χ3n) is 2.22. The topological polar surface area (TPSA) is 93.5 Å². The minimum absolute atomic E-state index is 0.0812. The molecule has 1 aromatic rings. The Labute approximate surface area is 110 Å². The maximum Gasteiger partial charge on any atom is 0.321 e. The highest BCUT2D eigenvalue weighted by Gasteiger charge is 2.18. The second-order valence-corrected chi connectivity index (χ2v) is 3.79. The summed E-state index contributed by atoms with van der Waals surface area (Å²) in [6, 6.07) is 2.97. The molecule has 0 aliphatic carbocycles. The molecule has 0 radical (unpaired) electrons. The highest BCUT2D eigenvalue weighted by molar-refractivity contribution is 5.96. The van der Waals surface area contributed by atoms with Crippen molar-refractivity contribution in [1.29, 1.82) is 0 Å². The number of nitrogens with one attached hydrogen (secondary N) is 2. The molecule has 0 heterocycles. The summed E-state index contributed by atoms with van der Waals surface area (Å²) in [6.07, 6.45) is -0.935. The lowest BCUT2D eigenvalue weighted by Gasteiger charge is -2.15. The van der Waals surface area contributed by atoms with Gasteiger partial charge in [0.15, 0.2) is 6.10 Å². The molecule has 4 N–H and O–H groups in total. The van der Waals surface area contributed by atoms with Crippen molar-refractivity contribution in [3.05, 3.63) is 24.0 Å². The lowest BCUT2D eigenvalue weighted by atomic mass is 10.3. The van der Waals surface area contributed by atoms with E-state index in [9.17, 15) is 14.0 Å². The molecule has 0 spiro atoms. The van der Waals surface area contributed by atoms with Crippen LogP contribution in [0.3, 0.4) is 0 Å². The fourth-order valence-corrected chi connectivity index (χ4v) is 1.29. The van der Waals surface area contributed by atoms with Crippen molar-refractivity contribution < 1.29 is 18.7 Å². The van der Waals surface area contributed by atoms with Crippen molar-refractivity contribution in [1.82, 2.24) is 10.6 Å². The van der Waals surface area contributed by atoms with Gasteiger partial charge >= 0.3 is 6.03 Å². The van der Waals surface area contributed by atoms with Crippen molar-refractivity contribution >= 4 is 17.6 Å². The summed E-state index contributed by atoms with van der Waals surface area (Å²) >= 11 is 0. The Morgan fingerprint density at radius 2 is 2.16 bits per heavy atom. The molecule has 104 valence electrons. The van der Waals surface area contributed by atoms with Gasteiger partial charge in [0.2, 0.25) is 0 Å². The molecule has 1 aromatic carbocycles. The molecule has 0 aliphatic rings. The van der Waals surface area contributed by atoms with Gasteiger partial charge in [-0.2, -0.15) is 0 Å². The Hall–Kier alpha value is -2.31. The SMILES string of the molecule is CCNC(=O)NC(=O)C(C)Oc1ccc(F)cc1N. The summed E-state index contributed by atoms with van der Waals surface area (Å²) in [5.74, 6) is -0.932. The van der Waals surface area contributed by atoms with E-state index in [0.29, 0.717) is 6.54 Å². The number of carbonyl (C=O) groups is 2. The summed E-state index contributed by atoms with van der Waals surface area (Å²) in [7, 11) is 0. The lowest BCUT2D eigenvalue weighted by Crippen LogP contribution is -2.45. The molecule has 0 aliphatic heterocycles. The Morgan fingerprint density at radius 3 is 2.74 bits per heavy atom.